The van der Waals surface area contributed by atoms with Gasteiger partial charge in [-0.1, -0.05) is 0 Å². The Morgan fingerprint density at radius 3 is 2.44 bits per heavy atom. The highest BCUT2D eigenvalue weighted by Crippen LogP contribution is 2.63. The third kappa shape index (κ3) is 3.28. The maximum absolute atomic E-state index is 13.7. The number of piperidine rings is 1. The van der Waals surface area contributed by atoms with E-state index in [0.717, 1.165) is 11.1 Å². The van der Waals surface area contributed by atoms with Crippen molar-refractivity contribution in [3.63, 3.8) is 0 Å². The summed E-state index contributed by atoms with van der Waals surface area (Å²) in [6, 6.07) is 0.241. The number of nitriles is 1. The van der Waals surface area contributed by atoms with Gasteiger partial charge in [0.05, 0.1) is 29.3 Å². The van der Waals surface area contributed by atoms with Gasteiger partial charge in [-0.05, 0) is 6.07 Å². The van der Waals surface area contributed by atoms with Crippen molar-refractivity contribution in [1.29, 1.82) is 5.26 Å². The molecule has 4 nitrogen and oxygen atoms in total. The minimum atomic E-state index is -5.05. The van der Waals surface area contributed by atoms with Crippen LogP contribution in [-0.4, -0.2) is 40.9 Å². The van der Waals surface area contributed by atoms with Crippen LogP contribution in [-0.2, 0) is 6.18 Å². The Hall–Kier alpha value is -2.16. The number of aromatic nitrogens is 1. The Morgan fingerprint density at radius 1 is 1.30 bits per heavy atom. The molecule has 12 heteroatoms. The Balaban J connectivity index is 1.95. The summed E-state index contributed by atoms with van der Waals surface area (Å²) in [6.45, 7) is -0.474. The van der Waals surface area contributed by atoms with Gasteiger partial charge in [-0.15, -0.1) is 0 Å². The molecule has 1 aliphatic carbocycles. The molecule has 0 radical (unpaired) electrons. The molecule has 1 aliphatic heterocycles. The van der Waals surface area contributed by atoms with Crippen molar-refractivity contribution < 1.29 is 40.2 Å². The van der Waals surface area contributed by atoms with E-state index in [0.29, 0.717) is 6.07 Å². The third-order valence-electron chi connectivity index (χ3n) is 4.93. The smallest absolute Gasteiger partial charge is 0.384 e. The summed E-state index contributed by atoms with van der Waals surface area (Å²) in [5, 5.41) is 18.0. The van der Waals surface area contributed by atoms with Gasteiger partial charge in [0.1, 0.15) is 6.07 Å². The molecule has 0 aromatic carbocycles. The first-order valence-corrected chi connectivity index (χ1v) is 7.65. The lowest BCUT2D eigenvalue weighted by molar-refractivity contribution is -0.207. The standard InChI is InChI=1S/C15H11F8N3O/c16-13(17)8-5-26(10(12(8)13)2-11(27)15(21,22)23)6-1-7(14(18,19)20)9(3-24)25-4-6/h1,4,8,10-12,27H,2,5H2/t8-,10-,11?,12-/m0/s1. The van der Waals surface area contributed by atoms with Crippen molar-refractivity contribution in [2.45, 2.75) is 36.8 Å². The van der Waals surface area contributed by atoms with E-state index in [9.17, 15) is 40.2 Å². The van der Waals surface area contributed by atoms with Gasteiger partial charge in [-0.3, -0.25) is 0 Å². The molecule has 148 valence electrons. The minimum absolute atomic E-state index is 0.330. The normalized spacial score (nSPS) is 27.9. The molecule has 2 heterocycles. The van der Waals surface area contributed by atoms with E-state index in [1.165, 1.54) is 6.07 Å². The fourth-order valence-corrected chi connectivity index (χ4v) is 3.57. The number of anilines is 1. The predicted molar refractivity (Wildman–Crippen MR) is 73.7 cm³/mol. The van der Waals surface area contributed by atoms with Crippen molar-refractivity contribution in [1.82, 2.24) is 4.98 Å². The zero-order valence-electron chi connectivity index (χ0n) is 13.2. The number of halogens is 8. The molecule has 1 aromatic rings. The van der Waals surface area contributed by atoms with Crippen molar-refractivity contribution in [3.05, 3.63) is 23.5 Å². The zero-order chi connectivity index (χ0) is 20.4. The quantitative estimate of drug-likeness (QED) is 0.790. The first-order chi connectivity index (χ1) is 12.3. The largest absolute Gasteiger partial charge is 0.419 e. The van der Waals surface area contributed by atoms with Gasteiger partial charge < -0.3 is 10.0 Å². The molecule has 0 amide bonds. The Bertz CT molecular complexity index is 785. The van der Waals surface area contributed by atoms with Crippen LogP contribution in [0.5, 0.6) is 0 Å². The van der Waals surface area contributed by atoms with Crippen LogP contribution in [0.15, 0.2) is 12.3 Å². The van der Waals surface area contributed by atoms with E-state index in [1.807, 2.05) is 0 Å². The van der Waals surface area contributed by atoms with Crippen LogP contribution in [0.4, 0.5) is 40.8 Å². The summed E-state index contributed by atoms with van der Waals surface area (Å²) in [7, 11) is 0. The number of hydrogen-bond donors (Lipinski definition) is 1. The van der Waals surface area contributed by atoms with Crippen LogP contribution in [0, 0.1) is 23.2 Å². The summed E-state index contributed by atoms with van der Waals surface area (Å²) in [5.41, 5.74) is -2.68. The highest BCUT2D eigenvalue weighted by Gasteiger charge is 2.75. The van der Waals surface area contributed by atoms with Gasteiger partial charge in [-0.25, -0.2) is 13.8 Å². The van der Waals surface area contributed by atoms with Crippen molar-refractivity contribution in [2.24, 2.45) is 11.8 Å². The first kappa shape index (κ1) is 19.6. The molecule has 1 unspecified atom stereocenters. The summed E-state index contributed by atoms with van der Waals surface area (Å²) >= 11 is 0. The monoisotopic (exact) mass is 401 g/mol. The Labute approximate surface area is 147 Å². The maximum atomic E-state index is 13.7. The number of aliphatic hydroxyl groups is 1. The van der Waals surface area contributed by atoms with Crippen LogP contribution in [0.25, 0.3) is 0 Å². The van der Waals surface area contributed by atoms with Crippen molar-refractivity contribution in [2.75, 3.05) is 11.4 Å². The molecule has 1 saturated carbocycles. The van der Waals surface area contributed by atoms with E-state index in [4.69, 9.17) is 5.26 Å². The molecule has 4 atom stereocenters. The molecule has 1 N–H and O–H groups in total. The fraction of sp³-hybridized carbons (Fsp3) is 0.600. The van der Waals surface area contributed by atoms with E-state index in [2.05, 4.69) is 4.98 Å². The van der Waals surface area contributed by atoms with Crippen molar-refractivity contribution in [3.8, 4) is 6.07 Å². The molecule has 2 fully saturated rings. The molecule has 27 heavy (non-hydrogen) atoms. The fourth-order valence-electron chi connectivity index (χ4n) is 3.57. The topological polar surface area (TPSA) is 60.2 Å². The average molecular weight is 401 g/mol. The van der Waals surface area contributed by atoms with Crippen LogP contribution in [0.1, 0.15) is 17.7 Å². The lowest BCUT2D eigenvalue weighted by Gasteiger charge is -2.32. The number of aliphatic hydroxyl groups excluding tert-OH is 1. The van der Waals surface area contributed by atoms with Gasteiger partial charge in [-0.2, -0.15) is 31.6 Å². The molecular weight excluding hydrogens is 390 g/mol. The average Bonchev–Trinajstić information content (AvgIpc) is 2.89. The van der Waals surface area contributed by atoms with Gasteiger partial charge in [0.25, 0.3) is 5.92 Å². The summed E-state index contributed by atoms with van der Waals surface area (Å²) in [6.07, 6.45) is -13.2. The predicted octanol–water partition coefficient (Wildman–Crippen LogP) is 3.36. The maximum Gasteiger partial charge on any atom is 0.419 e. The van der Waals surface area contributed by atoms with Gasteiger partial charge in [0.2, 0.25) is 0 Å². The van der Waals surface area contributed by atoms with Gasteiger partial charge in [0, 0.05) is 19.0 Å². The summed E-state index contributed by atoms with van der Waals surface area (Å²) in [4.78, 5) is 4.32. The van der Waals surface area contributed by atoms with Gasteiger partial charge in [0.15, 0.2) is 11.8 Å². The molecule has 0 bridgehead atoms. The number of alkyl halides is 8. The molecule has 1 aromatic heterocycles. The molecule has 2 aliphatic rings. The second-order valence-corrected chi connectivity index (χ2v) is 6.52. The van der Waals surface area contributed by atoms with E-state index < -0.39 is 66.5 Å². The molecule has 3 rings (SSSR count). The zero-order valence-corrected chi connectivity index (χ0v) is 13.2. The first-order valence-electron chi connectivity index (χ1n) is 7.65. The Kier molecular flexibility index (Phi) is 4.30. The van der Waals surface area contributed by atoms with Crippen LogP contribution in [0.2, 0.25) is 0 Å². The molecule has 0 spiro atoms. The highest BCUT2D eigenvalue weighted by molar-refractivity contribution is 5.54. The molecular formula is C15H11F8N3O. The number of nitrogens with zero attached hydrogens (tertiary/aromatic N) is 3. The van der Waals surface area contributed by atoms with E-state index in [-0.39, 0.29) is 5.69 Å². The summed E-state index contributed by atoms with van der Waals surface area (Å²) < 4.78 is 104. The lowest BCUT2D eigenvalue weighted by Crippen LogP contribution is -2.42. The molecule has 1 saturated heterocycles. The van der Waals surface area contributed by atoms with Crippen molar-refractivity contribution >= 4 is 5.69 Å². The van der Waals surface area contributed by atoms with Crippen LogP contribution >= 0.6 is 0 Å². The van der Waals surface area contributed by atoms with Gasteiger partial charge >= 0.3 is 12.4 Å². The van der Waals surface area contributed by atoms with Crippen LogP contribution in [0.3, 0.4) is 0 Å². The van der Waals surface area contributed by atoms with E-state index >= 15 is 0 Å². The number of rotatable bonds is 3. The number of fused-ring (bicyclic) bond motifs is 1. The SMILES string of the molecule is N#Cc1ncc(N2C[C@H]3[C@@H]([C@@H]2CC(O)C(F)(F)F)C3(F)F)cc1C(F)(F)F. The minimum Gasteiger partial charge on any atom is -0.384 e. The highest BCUT2D eigenvalue weighted by atomic mass is 19.4. The number of pyridine rings is 1. The number of hydrogen-bond acceptors (Lipinski definition) is 4. The van der Waals surface area contributed by atoms with Crippen LogP contribution < -0.4 is 4.90 Å². The second kappa shape index (κ2) is 5.92. The third-order valence-corrected chi connectivity index (χ3v) is 4.93. The summed E-state index contributed by atoms with van der Waals surface area (Å²) in [5.74, 6) is -6.05. The van der Waals surface area contributed by atoms with E-state index in [1.54, 1.807) is 0 Å². The Morgan fingerprint density at radius 2 is 1.93 bits per heavy atom. The second-order valence-electron chi connectivity index (χ2n) is 6.52. The lowest BCUT2D eigenvalue weighted by atomic mass is 10.0.